The molecule has 1 rings (SSSR count). The summed E-state index contributed by atoms with van der Waals surface area (Å²) in [4.78, 5) is 10.3. The molecule has 5 heteroatoms. The number of hydrogen-bond acceptors (Lipinski definition) is 2. The average molecular weight is 151 g/mol. The van der Waals surface area contributed by atoms with Gasteiger partial charge in [-0.3, -0.25) is 4.79 Å². The van der Waals surface area contributed by atoms with Gasteiger partial charge in [0.2, 0.25) is 0 Å². The minimum absolute atomic E-state index is 0.429. The van der Waals surface area contributed by atoms with E-state index in [4.69, 9.17) is 5.11 Å². The van der Waals surface area contributed by atoms with Crippen molar-refractivity contribution in [2.45, 2.75) is 18.4 Å². The summed E-state index contributed by atoms with van der Waals surface area (Å²) in [6, 6.07) is -0.775. The predicted molar refractivity (Wildman–Crippen MR) is 28.6 cm³/mol. The van der Waals surface area contributed by atoms with Gasteiger partial charge in [-0.05, 0) is 0 Å². The van der Waals surface area contributed by atoms with Crippen LogP contribution in [0.5, 0.6) is 0 Å². The number of nitrogens with one attached hydrogen (secondary N) is 1. The maximum atomic E-state index is 12.3. The number of aliphatic hydroxyl groups excluding tert-OH is 1. The Labute approximate surface area is 56.0 Å². The lowest BCUT2D eigenvalue weighted by molar-refractivity contribution is -0.139. The van der Waals surface area contributed by atoms with E-state index in [0.29, 0.717) is 0 Å². The molecular formula is C5H7F2NO2. The Balaban J connectivity index is 2.62. The van der Waals surface area contributed by atoms with Crippen LogP contribution in [-0.2, 0) is 4.79 Å². The molecule has 0 bridgehead atoms. The van der Waals surface area contributed by atoms with Crippen LogP contribution in [0.15, 0.2) is 0 Å². The molecule has 1 saturated heterocycles. The summed E-state index contributed by atoms with van der Waals surface area (Å²) in [7, 11) is 0. The first-order valence-electron chi connectivity index (χ1n) is 2.86. The molecular weight excluding hydrogens is 144 g/mol. The smallest absolute Gasteiger partial charge is 0.326 e. The molecule has 58 valence electrons. The standard InChI is InChI=1S/C5H7F2NO2/c6-5(7)1-3(2-9)8-4(5)10/h3,9H,1-2H2,(H,8,10). The second-order valence-electron chi connectivity index (χ2n) is 2.26. The van der Waals surface area contributed by atoms with E-state index >= 15 is 0 Å². The van der Waals surface area contributed by atoms with Gasteiger partial charge >= 0.3 is 5.92 Å². The summed E-state index contributed by atoms with van der Waals surface area (Å²) in [6.45, 7) is -0.429. The molecule has 0 aromatic carbocycles. The Morgan fingerprint density at radius 2 is 2.40 bits per heavy atom. The van der Waals surface area contributed by atoms with Crippen molar-refractivity contribution in [3.05, 3.63) is 0 Å². The van der Waals surface area contributed by atoms with Crippen LogP contribution in [-0.4, -0.2) is 29.6 Å². The number of carbonyl (C=O) groups is 1. The van der Waals surface area contributed by atoms with E-state index in [1.54, 1.807) is 0 Å². The van der Waals surface area contributed by atoms with E-state index in [9.17, 15) is 13.6 Å². The molecule has 1 amide bonds. The van der Waals surface area contributed by atoms with E-state index in [0.717, 1.165) is 0 Å². The van der Waals surface area contributed by atoms with Gasteiger partial charge in [0.25, 0.3) is 5.91 Å². The topological polar surface area (TPSA) is 49.3 Å². The SMILES string of the molecule is O=C1NC(CO)CC1(F)F. The van der Waals surface area contributed by atoms with Crippen molar-refractivity contribution in [1.82, 2.24) is 5.32 Å². The van der Waals surface area contributed by atoms with Crippen LogP contribution in [0.3, 0.4) is 0 Å². The lowest BCUT2D eigenvalue weighted by atomic mass is 10.2. The van der Waals surface area contributed by atoms with Crippen molar-refractivity contribution in [1.29, 1.82) is 0 Å². The minimum atomic E-state index is -3.28. The Bertz CT molecular complexity index is 160. The third-order valence-corrected chi connectivity index (χ3v) is 1.39. The highest BCUT2D eigenvalue weighted by molar-refractivity contribution is 5.85. The summed E-state index contributed by atoms with van der Waals surface area (Å²) >= 11 is 0. The summed E-state index contributed by atoms with van der Waals surface area (Å²) in [5, 5.41) is 10.3. The zero-order valence-corrected chi connectivity index (χ0v) is 5.10. The van der Waals surface area contributed by atoms with Crippen LogP contribution in [0.25, 0.3) is 0 Å². The summed E-state index contributed by atoms with van der Waals surface area (Å²) in [5.74, 6) is -4.57. The van der Waals surface area contributed by atoms with Crippen molar-refractivity contribution in [3.8, 4) is 0 Å². The molecule has 0 aliphatic carbocycles. The van der Waals surface area contributed by atoms with Crippen LogP contribution in [0.1, 0.15) is 6.42 Å². The molecule has 1 aliphatic rings. The molecule has 0 aromatic rings. The number of rotatable bonds is 1. The fourth-order valence-corrected chi connectivity index (χ4v) is 0.854. The van der Waals surface area contributed by atoms with E-state index < -0.39 is 30.9 Å². The first kappa shape index (κ1) is 7.40. The average Bonchev–Trinajstić information content (AvgIpc) is 2.08. The fraction of sp³-hybridized carbons (Fsp3) is 0.800. The van der Waals surface area contributed by atoms with Crippen LogP contribution in [0.4, 0.5) is 8.78 Å². The zero-order chi connectivity index (χ0) is 7.78. The molecule has 1 atom stereocenters. The molecule has 10 heavy (non-hydrogen) atoms. The highest BCUT2D eigenvalue weighted by atomic mass is 19.3. The maximum absolute atomic E-state index is 12.3. The minimum Gasteiger partial charge on any atom is -0.394 e. The van der Waals surface area contributed by atoms with Gasteiger partial charge in [-0.2, -0.15) is 8.78 Å². The molecule has 0 radical (unpaired) electrons. The highest BCUT2D eigenvalue weighted by Crippen LogP contribution is 2.25. The monoisotopic (exact) mass is 151 g/mol. The van der Waals surface area contributed by atoms with Gasteiger partial charge in [0.15, 0.2) is 0 Å². The predicted octanol–water partition coefficient (Wildman–Crippen LogP) is -0.498. The molecule has 1 unspecified atom stereocenters. The summed E-state index contributed by atoms with van der Waals surface area (Å²) in [6.07, 6.45) is -0.595. The van der Waals surface area contributed by atoms with E-state index in [1.165, 1.54) is 0 Å². The van der Waals surface area contributed by atoms with Crippen molar-refractivity contribution < 1.29 is 18.7 Å². The molecule has 0 spiro atoms. The van der Waals surface area contributed by atoms with Crippen LogP contribution >= 0.6 is 0 Å². The molecule has 2 N–H and O–H groups in total. The Morgan fingerprint density at radius 1 is 1.80 bits per heavy atom. The third kappa shape index (κ3) is 1.09. The molecule has 1 aliphatic heterocycles. The number of amides is 1. The second kappa shape index (κ2) is 2.16. The van der Waals surface area contributed by atoms with E-state index in [1.807, 2.05) is 5.32 Å². The molecule has 0 saturated carbocycles. The Hall–Kier alpha value is -0.710. The molecule has 1 fully saturated rings. The quantitative estimate of drug-likeness (QED) is 0.531. The lowest BCUT2D eigenvalue weighted by Crippen LogP contribution is -2.31. The number of carbonyl (C=O) groups excluding carboxylic acids is 1. The van der Waals surface area contributed by atoms with Gasteiger partial charge in [-0.1, -0.05) is 0 Å². The Kier molecular flexibility index (Phi) is 1.60. The first-order chi connectivity index (χ1) is 4.56. The molecule has 3 nitrogen and oxygen atoms in total. The number of alkyl halides is 2. The van der Waals surface area contributed by atoms with Gasteiger partial charge in [0.1, 0.15) is 0 Å². The Morgan fingerprint density at radius 3 is 2.60 bits per heavy atom. The van der Waals surface area contributed by atoms with Gasteiger partial charge in [0.05, 0.1) is 12.6 Å². The largest absolute Gasteiger partial charge is 0.394 e. The molecule has 0 aromatic heterocycles. The zero-order valence-electron chi connectivity index (χ0n) is 5.10. The maximum Gasteiger partial charge on any atom is 0.326 e. The first-order valence-corrected chi connectivity index (χ1v) is 2.86. The normalized spacial score (nSPS) is 30.3. The second-order valence-corrected chi connectivity index (χ2v) is 2.26. The summed E-state index contributed by atoms with van der Waals surface area (Å²) < 4.78 is 24.5. The number of hydrogen-bond donors (Lipinski definition) is 2. The van der Waals surface area contributed by atoms with E-state index in [2.05, 4.69) is 0 Å². The van der Waals surface area contributed by atoms with Gasteiger partial charge < -0.3 is 10.4 Å². The van der Waals surface area contributed by atoms with Crippen molar-refractivity contribution in [2.24, 2.45) is 0 Å². The van der Waals surface area contributed by atoms with Gasteiger partial charge in [0, 0.05) is 6.42 Å². The fourth-order valence-electron chi connectivity index (χ4n) is 0.854. The number of aliphatic hydroxyl groups is 1. The number of halogens is 2. The third-order valence-electron chi connectivity index (χ3n) is 1.39. The summed E-state index contributed by atoms with van der Waals surface area (Å²) in [5.41, 5.74) is 0. The van der Waals surface area contributed by atoms with Crippen LogP contribution in [0.2, 0.25) is 0 Å². The molecule has 1 heterocycles. The van der Waals surface area contributed by atoms with Gasteiger partial charge in [-0.15, -0.1) is 0 Å². The van der Waals surface area contributed by atoms with Crippen molar-refractivity contribution in [2.75, 3.05) is 6.61 Å². The highest BCUT2D eigenvalue weighted by Gasteiger charge is 2.47. The van der Waals surface area contributed by atoms with Gasteiger partial charge in [-0.25, -0.2) is 0 Å². The van der Waals surface area contributed by atoms with Crippen LogP contribution in [0, 0.1) is 0 Å². The van der Waals surface area contributed by atoms with Crippen molar-refractivity contribution in [3.63, 3.8) is 0 Å². The lowest BCUT2D eigenvalue weighted by Gasteiger charge is -2.02. The van der Waals surface area contributed by atoms with Crippen LogP contribution < -0.4 is 5.32 Å². The van der Waals surface area contributed by atoms with Crippen molar-refractivity contribution >= 4 is 5.91 Å². The van der Waals surface area contributed by atoms with E-state index in [-0.39, 0.29) is 0 Å².